The molecule has 2 aliphatic heterocycles. The van der Waals surface area contributed by atoms with Crippen molar-refractivity contribution in [3.8, 4) is 0 Å². The molecule has 0 aliphatic carbocycles. The molecule has 4 rings (SSSR count). The Morgan fingerprint density at radius 1 is 1.09 bits per heavy atom. The summed E-state index contributed by atoms with van der Waals surface area (Å²) in [5, 5.41) is 9.10. The maximum Gasteiger partial charge on any atom is 0.303 e. The van der Waals surface area contributed by atoms with Gasteiger partial charge in [-0.1, -0.05) is 47.5 Å². The van der Waals surface area contributed by atoms with Crippen LogP contribution in [0, 0.1) is 13.8 Å². The predicted octanol–water partition coefficient (Wildman–Crippen LogP) is 3.66. The van der Waals surface area contributed by atoms with E-state index in [1.807, 2.05) is 51.3 Å². The Bertz CT molecular complexity index is 1170. The van der Waals surface area contributed by atoms with E-state index < -0.39 is 11.5 Å². The zero-order valence-electron chi connectivity index (χ0n) is 20.7. The summed E-state index contributed by atoms with van der Waals surface area (Å²) in [5.41, 5.74) is 5.45. The van der Waals surface area contributed by atoms with Gasteiger partial charge >= 0.3 is 5.97 Å². The maximum absolute atomic E-state index is 13.8. The molecule has 7 nitrogen and oxygen atoms in total. The highest BCUT2D eigenvalue weighted by molar-refractivity contribution is 5.93. The van der Waals surface area contributed by atoms with Crippen LogP contribution in [0.2, 0.25) is 0 Å². The van der Waals surface area contributed by atoms with Crippen molar-refractivity contribution in [2.75, 3.05) is 13.1 Å². The second kappa shape index (κ2) is 10.0. The Morgan fingerprint density at radius 2 is 1.83 bits per heavy atom. The molecule has 0 radical (unpaired) electrons. The Morgan fingerprint density at radius 3 is 2.49 bits per heavy atom. The highest BCUT2D eigenvalue weighted by atomic mass is 16.4. The van der Waals surface area contributed by atoms with Crippen molar-refractivity contribution >= 4 is 24.0 Å². The number of hydrogen-bond acceptors (Lipinski definition) is 4. The van der Waals surface area contributed by atoms with E-state index in [-0.39, 0.29) is 24.7 Å². The minimum Gasteiger partial charge on any atom is -0.481 e. The van der Waals surface area contributed by atoms with E-state index in [2.05, 4.69) is 17.1 Å². The second-order valence-corrected chi connectivity index (χ2v) is 9.97. The number of aliphatic imine (C=N–C) groups is 1. The van der Waals surface area contributed by atoms with Crippen molar-refractivity contribution in [2.24, 2.45) is 4.99 Å². The first kappa shape index (κ1) is 24.6. The van der Waals surface area contributed by atoms with Gasteiger partial charge in [0.25, 0.3) is 0 Å². The number of amides is 2. The number of nitrogens with zero attached hydrogens (tertiary/aromatic N) is 3. The summed E-state index contributed by atoms with van der Waals surface area (Å²) in [7, 11) is 0. The fraction of sp³-hybridized carbons (Fsp3) is 0.429. The molecule has 1 atom stereocenters. The topological polar surface area (TPSA) is 90.3 Å². The molecule has 0 bridgehead atoms. The van der Waals surface area contributed by atoms with E-state index in [4.69, 9.17) is 5.11 Å². The molecule has 2 amide bonds. The van der Waals surface area contributed by atoms with E-state index >= 15 is 0 Å². The van der Waals surface area contributed by atoms with Gasteiger partial charge in [-0.25, -0.2) is 0 Å². The highest BCUT2D eigenvalue weighted by Gasteiger charge is 2.50. The molecule has 0 saturated carbocycles. The van der Waals surface area contributed by atoms with Gasteiger partial charge in [-0.2, -0.15) is 0 Å². The lowest BCUT2D eigenvalue weighted by Gasteiger charge is -2.51. The molecule has 2 aliphatic rings. The Labute approximate surface area is 206 Å². The van der Waals surface area contributed by atoms with Gasteiger partial charge in [0, 0.05) is 32.3 Å². The third kappa shape index (κ3) is 5.45. The summed E-state index contributed by atoms with van der Waals surface area (Å²) in [5.74, 6) is -1.07. The number of aliphatic carboxylic acids is 1. The minimum absolute atomic E-state index is 0.00608. The van der Waals surface area contributed by atoms with Crippen molar-refractivity contribution in [1.29, 1.82) is 0 Å². The summed E-state index contributed by atoms with van der Waals surface area (Å²) in [6.45, 7) is 7.74. The molecular weight excluding hydrogens is 442 g/mol. The number of aryl methyl sites for hydroxylation is 2. The smallest absolute Gasteiger partial charge is 0.303 e. The van der Waals surface area contributed by atoms with Gasteiger partial charge in [-0.15, -0.1) is 0 Å². The van der Waals surface area contributed by atoms with Crippen LogP contribution in [0.25, 0.3) is 0 Å². The standard InChI is InChI=1S/C28H33N3O4/c1-19-11-20(2)13-22(12-19)15-25(32)31-10-8-28(31,3)27(35)30(9-4-5-26(33)34)18-21-6-7-23-16-29-17-24(23)14-21/h6-7,11-14,16H,4-5,8-10,15,17-18H2,1-3H3,(H,33,34). The lowest BCUT2D eigenvalue weighted by molar-refractivity contribution is -0.164. The number of carbonyl (C=O) groups is 3. The van der Waals surface area contributed by atoms with Crippen LogP contribution in [-0.4, -0.2) is 57.5 Å². The van der Waals surface area contributed by atoms with Crippen molar-refractivity contribution in [3.05, 3.63) is 69.8 Å². The number of benzene rings is 2. The van der Waals surface area contributed by atoms with E-state index in [1.165, 1.54) is 0 Å². The monoisotopic (exact) mass is 475 g/mol. The summed E-state index contributed by atoms with van der Waals surface area (Å²) >= 11 is 0. The van der Waals surface area contributed by atoms with Crippen molar-refractivity contribution in [1.82, 2.24) is 9.80 Å². The summed E-state index contributed by atoms with van der Waals surface area (Å²) in [6, 6.07) is 12.2. The first-order chi connectivity index (χ1) is 16.7. The van der Waals surface area contributed by atoms with E-state index in [9.17, 15) is 14.4 Å². The van der Waals surface area contributed by atoms with Crippen LogP contribution in [0.1, 0.15) is 59.6 Å². The SMILES string of the molecule is Cc1cc(C)cc(CC(=O)N2CCC2(C)C(=O)N(CCCC(=O)O)Cc2ccc3c(c2)CN=C3)c1. The fourth-order valence-corrected chi connectivity index (χ4v) is 5.12. The van der Waals surface area contributed by atoms with Gasteiger partial charge in [0.05, 0.1) is 13.0 Å². The zero-order valence-corrected chi connectivity index (χ0v) is 20.7. The van der Waals surface area contributed by atoms with Crippen LogP contribution in [0.15, 0.2) is 41.4 Å². The molecule has 0 spiro atoms. The molecular formula is C28H33N3O4. The van der Waals surface area contributed by atoms with Crippen molar-refractivity contribution in [3.63, 3.8) is 0 Å². The Hall–Kier alpha value is -3.48. The van der Waals surface area contributed by atoms with E-state index in [1.54, 1.807) is 9.80 Å². The Balaban J connectivity index is 1.50. The van der Waals surface area contributed by atoms with Gasteiger partial charge in [-0.05, 0) is 55.9 Å². The molecule has 7 heteroatoms. The second-order valence-electron chi connectivity index (χ2n) is 9.97. The van der Waals surface area contributed by atoms with Crippen LogP contribution in [0.5, 0.6) is 0 Å². The number of carboxylic acids is 1. The van der Waals surface area contributed by atoms with Crippen LogP contribution in [0.3, 0.4) is 0 Å². The molecule has 1 N–H and O–H groups in total. The lowest BCUT2D eigenvalue weighted by Crippen LogP contribution is -2.68. The average molecular weight is 476 g/mol. The van der Waals surface area contributed by atoms with Crippen molar-refractivity contribution in [2.45, 2.75) is 65.1 Å². The molecule has 1 unspecified atom stereocenters. The van der Waals surface area contributed by atoms with Gasteiger partial charge in [0.2, 0.25) is 11.8 Å². The van der Waals surface area contributed by atoms with Crippen LogP contribution in [-0.2, 0) is 33.9 Å². The molecule has 2 heterocycles. The largest absolute Gasteiger partial charge is 0.481 e. The zero-order chi connectivity index (χ0) is 25.2. The average Bonchev–Trinajstić information content (AvgIpc) is 3.23. The third-order valence-corrected chi connectivity index (χ3v) is 7.00. The van der Waals surface area contributed by atoms with Gasteiger partial charge in [0.15, 0.2) is 0 Å². The van der Waals surface area contributed by atoms with Crippen LogP contribution in [0.4, 0.5) is 0 Å². The number of carbonyl (C=O) groups excluding carboxylic acids is 2. The number of fused-ring (bicyclic) bond motifs is 1. The molecule has 0 aromatic heterocycles. The highest BCUT2D eigenvalue weighted by Crippen LogP contribution is 2.34. The molecule has 184 valence electrons. The normalized spacial score (nSPS) is 18.2. The number of likely N-dealkylation sites (tertiary alicyclic amines) is 1. The summed E-state index contributed by atoms with van der Waals surface area (Å²) in [6.07, 6.45) is 3.06. The maximum atomic E-state index is 13.8. The molecule has 35 heavy (non-hydrogen) atoms. The number of carboxylic acid groups (broad SMARTS) is 1. The van der Waals surface area contributed by atoms with Gasteiger partial charge in [-0.3, -0.25) is 19.4 Å². The Kier molecular flexibility index (Phi) is 7.05. The van der Waals surface area contributed by atoms with E-state index in [0.717, 1.165) is 33.4 Å². The number of rotatable bonds is 9. The first-order valence-electron chi connectivity index (χ1n) is 12.2. The third-order valence-electron chi connectivity index (χ3n) is 7.00. The minimum atomic E-state index is -0.918. The fourth-order valence-electron chi connectivity index (χ4n) is 5.12. The van der Waals surface area contributed by atoms with E-state index in [0.29, 0.717) is 39.0 Å². The molecule has 1 saturated heterocycles. The quantitative estimate of drug-likeness (QED) is 0.599. The molecule has 2 aromatic carbocycles. The lowest BCUT2D eigenvalue weighted by atomic mass is 9.84. The first-order valence-corrected chi connectivity index (χ1v) is 12.2. The summed E-state index contributed by atoms with van der Waals surface area (Å²) < 4.78 is 0. The number of hydrogen-bond donors (Lipinski definition) is 1. The molecule has 2 aromatic rings. The van der Waals surface area contributed by atoms with Crippen LogP contribution < -0.4 is 0 Å². The molecule has 1 fully saturated rings. The predicted molar refractivity (Wildman–Crippen MR) is 134 cm³/mol. The van der Waals surface area contributed by atoms with Crippen molar-refractivity contribution < 1.29 is 19.5 Å². The van der Waals surface area contributed by atoms with Crippen LogP contribution >= 0.6 is 0 Å². The van der Waals surface area contributed by atoms with Gasteiger partial charge in [0.1, 0.15) is 5.54 Å². The van der Waals surface area contributed by atoms with Gasteiger partial charge < -0.3 is 14.9 Å². The summed E-state index contributed by atoms with van der Waals surface area (Å²) in [4.78, 5) is 45.8.